The van der Waals surface area contributed by atoms with Crippen molar-refractivity contribution in [3.8, 4) is 5.75 Å². The molecule has 0 aromatic heterocycles. The maximum atomic E-state index is 12.9. The van der Waals surface area contributed by atoms with E-state index in [1.165, 1.54) is 0 Å². The third-order valence-electron chi connectivity index (χ3n) is 1.88. The van der Waals surface area contributed by atoms with Gasteiger partial charge in [0, 0.05) is 5.56 Å². The van der Waals surface area contributed by atoms with Gasteiger partial charge < -0.3 is 15.9 Å². The summed E-state index contributed by atoms with van der Waals surface area (Å²) in [7, 11) is 0. The van der Waals surface area contributed by atoms with Crippen LogP contribution < -0.4 is 5.73 Å². The highest BCUT2D eigenvalue weighted by Gasteiger charge is 2.22. The molecule has 0 spiro atoms. The largest absolute Gasteiger partial charge is 0.502 e. The van der Waals surface area contributed by atoms with Crippen molar-refractivity contribution in [3.63, 3.8) is 0 Å². The van der Waals surface area contributed by atoms with Crippen LogP contribution >= 0.6 is 12.4 Å². The van der Waals surface area contributed by atoms with Crippen molar-refractivity contribution < 1.29 is 19.5 Å². The van der Waals surface area contributed by atoms with E-state index in [1.807, 2.05) is 0 Å². The average Bonchev–Trinajstić information content (AvgIpc) is 2.19. The molecule has 90 valence electrons. The smallest absolute Gasteiger partial charge is 0.313 e. The van der Waals surface area contributed by atoms with Crippen molar-refractivity contribution in [2.45, 2.75) is 6.04 Å². The predicted octanol–water partition coefficient (Wildman–Crippen LogP) is 0.853. The van der Waals surface area contributed by atoms with Gasteiger partial charge in [0.1, 0.15) is 5.82 Å². The lowest BCUT2D eigenvalue weighted by atomic mass is 10.1. The second kappa shape index (κ2) is 5.59. The summed E-state index contributed by atoms with van der Waals surface area (Å²) in [6.07, 6.45) is 0. The first-order chi connectivity index (χ1) is 6.97. The first kappa shape index (κ1) is 14.6. The number of nitro groups is 1. The fourth-order valence-electron chi connectivity index (χ4n) is 1.13. The number of phenols is 1. The molecule has 1 aromatic carbocycles. The number of aliphatic hydroxyl groups is 1. The molecular formula is C8H10ClFN2O4. The summed E-state index contributed by atoms with van der Waals surface area (Å²) in [5.41, 5.74) is 4.37. The van der Waals surface area contributed by atoms with Crippen LogP contribution in [0.2, 0.25) is 0 Å². The zero-order valence-electron chi connectivity index (χ0n) is 7.96. The van der Waals surface area contributed by atoms with Gasteiger partial charge in [0.05, 0.1) is 23.6 Å². The van der Waals surface area contributed by atoms with Crippen LogP contribution in [0.1, 0.15) is 11.6 Å². The lowest BCUT2D eigenvalue weighted by Gasteiger charge is -2.10. The minimum absolute atomic E-state index is 0. The Balaban J connectivity index is 0.00000225. The van der Waals surface area contributed by atoms with Crippen LogP contribution in [0.4, 0.5) is 10.1 Å². The number of phenolic OH excluding ortho intramolecular Hbond substituents is 1. The summed E-state index contributed by atoms with van der Waals surface area (Å²) in [6, 6.07) is 0.381. The summed E-state index contributed by atoms with van der Waals surface area (Å²) in [6.45, 7) is -0.547. The topological polar surface area (TPSA) is 110 Å². The first-order valence-electron chi connectivity index (χ1n) is 4.00. The molecule has 0 radical (unpaired) electrons. The fraction of sp³-hybridized carbons (Fsp3) is 0.250. The summed E-state index contributed by atoms with van der Waals surface area (Å²) in [5, 5.41) is 28.5. The molecule has 8 heteroatoms. The van der Waals surface area contributed by atoms with Crippen LogP contribution in [0.3, 0.4) is 0 Å². The molecular weight excluding hydrogens is 243 g/mol. The monoisotopic (exact) mass is 252 g/mol. The van der Waals surface area contributed by atoms with Crippen LogP contribution in [0.15, 0.2) is 12.1 Å². The summed E-state index contributed by atoms with van der Waals surface area (Å²) < 4.78 is 12.9. The Morgan fingerprint density at radius 3 is 2.56 bits per heavy atom. The standard InChI is InChI=1S/C8H9FN2O4.ClH/c9-4-1-5(6(10)3-12)8(13)7(2-4)11(14)15;/h1-2,6,12-13H,3,10H2;1H/t6-;/m1./s1. The Morgan fingerprint density at radius 1 is 1.56 bits per heavy atom. The molecule has 0 amide bonds. The van der Waals surface area contributed by atoms with E-state index in [0.29, 0.717) is 6.07 Å². The van der Waals surface area contributed by atoms with Crippen molar-refractivity contribution in [1.29, 1.82) is 0 Å². The third-order valence-corrected chi connectivity index (χ3v) is 1.88. The maximum absolute atomic E-state index is 12.9. The van der Waals surface area contributed by atoms with Crippen LogP contribution in [-0.2, 0) is 0 Å². The number of hydrogen-bond acceptors (Lipinski definition) is 5. The minimum Gasteiger partial charge on any atom is -0.502 e. The van der Waals surface area contributed by atoms with E-state index in [2.05, 4.69) is 0 Å². The lowest BCUT2D eigenvalue weighted by Crippen LogP contribution is -2.15. The highest BCUT2D eigenvalue weighted by Crippen LogP contribution is 2.33. The highest BCUT2D eigenvalue weighted by molar-refractivity contribution is 5.85. The van der Waals surface area contributed by atoms with Gasteiger partial charge in [-0.05, 0) is 6.07 Å². The van der Waals surface area contributed by atoms with Gasteiger partial charge in [0.2, 0.25) is 0 Å². The Hall–Kier alpha value is -1.44. The molecule has 0 bridgehead atoms. The molecule has 0 fully saturated rings. The molecule has 1 atom stereocenters. The molecule has 0 aliphatic rings. The normalized spacial score (nSPS) is 11.7. The quantitative estimate of drug-likeness (QED) is 0.546. The third kappa shape index (κ3) is 2.78. The van der Waals surface area contributed by atoms with Crippen molar-refractivity contribution in [3.05, 3.63) is 33.6 Å². The number of nitrogens with zero attached hydrogens (tertiary/aromatic N) is 1. The van der Waals surface area contributed by atoms with Gasteiger partial charge in [-0.3, -0.25) is 10.1 Å². The van der Waals surface area contributed by atoms with Crippen molar-refractivity contribution in [2.75, 3.05) is 6.61 Å². The molecule has 0 saturated heterocycles. The number of aliphatic hydroxyl groups excluding tert-OH is 1. The SMILES string of the molecule is Cl.N[C@H](CO)c1cc(F)cc([N+](=O)[O-])c1O. The molecule has 1 aromatic rings. The van der Waals surface area contributed by atoms with Gasteiger partial charge in [-0.2, -0.15) is 0 Å². The summed E-state index contributed by atoms with van der Waals surface area (Å²) >= 11 is 0. The molecule has 16 heavy (non-hydrogen) atoms. The predicted molar refractivity (Wildman–Crippen MR) is 56.0 cm³/mol. The van der Waals surface area contributed by atoms with Crippen LogP contribution in [0, 0.1) is 15.9 Å². The first-order valence-corrected chi connectivity index (χ1v) is 4.00. The van der Waals surface area contributed by atoms with Crippen molar-refractivity contribution in [2.24, 2.45) is 5.73 Å². The van der Waals surface area contributed by atoms with E-state index >= 15 is 0 Å². The zero-order valence-corrected chi connectivity index (χ0v) is 8.78. The Kier molecular flexibility index (Phi) is 5.09. The van der Waals surface area contributed by atoms with Crippen molar-refractivity contribution >= 4 is 18.1 Å². The Morgan fingerprint density at radius 2 is 2.12 bits per heavy atom. The lowest BCUT2D eigenvalue weighted by molar-refractivity contribution is -0.386. The highest BCUT2D eigenvalue weighted by atomic mass is 35.5. The number of nitrogens with two attached hydrogens (primary N) is 1. The van der Waals surface area contributed by atoms with Gasteiger partial charge in [0.25, 0.3) is 0 Å². The fourth-order valence-corrected chi connectivity index (χ4v) is 1.13. The molecule has 0 aliphatic heterocycles. The molecule has 0 heterocycles. The van der Waals surface area contributed by atoms with E-state index < -0.39 is 34.8 Å². The number of rotatable bonds is 3. The van der Waals surface area contributed by atoms with Gasteiger partial charge in [0.15, 0.2) is 5.75 Å². The van der Waals surface area contributed by atoms with Crippen LogP contribution in [0.25, 0.3) is 0 Å². The van der Waals surface area contributed by atoms with E-state index in [-0.39, 0.29) is 18.0 Å². The van der Waals surface area contributed by atoms with Crippen LogP contribution in [0.5, 0.6) is 5.75 Å². The molecule has 0 saturated carbocycles. The van der Waals surface area contributed by atoms with E-state index in [0.717, 1.165) is 6.07 Å². The van der Waals surface area contributed by atoms with Gasteiger partial charge >= 0.3 is 5.69 Å². The Labute approximate surface area is 96.1 Å². The number of aromatic hydroxyl groups is 1. The molecule has 0 aliphatic carbocycles. The molecule has 0 unspecified atom stereocenters. The Bertz CT molecular complexity index is 402. The van der Waals surface area contributed by atoms with Crippen molar-refractivity contribution in [1.82, 2.24) is 0 Å². The van der Waals surface area contributed by atoms with Gasteiger partial charge in [-0.25, -0.2) is 4.39 Å². The number of hydrogen-bond donors (Lipinski definition) is 3. The molecule has 1 rings (SSSR count). The summed E-state index contributed by atoms with van der Waals surface area (Å²) in [4.78, 5) is 9.49. The molecule has 6 nitrogen and oxygen atoms in total. The second-order valence-electron chi connectivity index (χ2n) is 2.91. The zero-order chi connectivity index (χ0) is 11.6. The van der Waals surface area contributed by atoms with Gasteiger partial charge in [-0.15, -0.1) is 12.4 Å². The maximum Gasteiger partial charge on any atom is 0.313 e. The minimum atomic E-state index is -1.06. The average molecular weight is 253 g/mol. The van der Waals surface area contributed by atoms with Crippen LogP contribution in [-0.4, -0.2) is 21.7 Å². The number of benzene rings is 1. The number of halogens is 2. The van der Waals surface area contributed by atoms with E-state index in [4.69, 9.17) is 10.8 Å². The van der Waals surface area contributed by atoms with Gasteiger partial charge in [-0.1, -0.05) is 0 Å². The van der Waals surface area contributed by atoms with E-state index in [9.17, 15) is 19.6 Å². The second-order valence-corrected chi connectivity index (χ2v) is 2.91. The number of nitro benzene ring substituents is 1. The van der Waals surface area contributed by atoms with E-state index in [1.54, 1.807) is 0 Å². The summed E-state index contributed by atoms with van der Waals surface area (Å²) in [5.74, 6) is -1.61. The molecule has 4 N–H and O–H groups in total.